The fourth-order valence-corrected chi connectivity index (χ4v) is 1.66. The molecule has 0 amide bonds. The van der Waals surface area contributed by atoms with E-state index in [9.17, 15) is 10.2 Å². The zero-order valence-corrected chi connectivity index (χ0v) is 9.12. The first-order valence-corrected chi connectivity index (χ1v) is 4.89. The Morgan fingerprint density at radius 3 is 2.38 bits per heavy atom. The Labute approximate surface area is 93.0 Å². The third-order valence-corrected chi connectivity index (χ3v) is 2.64. The van der Waals surface area contributed by atoms with Crippen LogP contribution in [0.5, 0.6) is 5.75 Å². The van der Waals surface area contributed by atoms with Gasteiger partial charge in [-0.1, -0.05) is 17.3 Å². The van der Waals surface area contributed by atoms with Gasteiger partial charge in [-0.3, -0.25) is 0 Å². The number of aromatic nitrogens is 3. The smallest absolute Gasteiger partial charge is 0.130 e. The third kappa shape index (κ3) is 1.65. The predicted octanol–water partition coefficient (Wildman–Crippen LogP) is 0.776. The van der Waals surface area contributed by atoms with Gasteiger partial charge in [0.05, 0.1) is 11.9 Å². The fourth-order valence-electron chi connectivity index (χ4n) is 1.66. The van der Waals surface area contributed by atoms with E-state index in [1.54, 1.807) is 26.1 Å². The molecule has 5 heteroatoms. The number of aryl methyl sites for hydroxylation is 1. The Morgan fingerprint density at radius 1 is 1.25 bits per heavy atom. The summed E-state index contributed by atoms with van der Waals surface area (Å²) in [6.07, 6.45) is 1.52. The maximum atomic E-state index is 10.4. The minimum absolute atomic E-state index is 0.169. The van der Waals surface area contributed by atoms with Gasteiger partial charge in [0, 0.05) is 7.05 Å². The van der Waals surface area contributed by atoms with Crippen molar-refractivity contribution in [3.63, 3.8) is 0 Å². The highest BCUT2D eigenvalue weighted by Crippen LogP contribution is 2.28. The molecule has 2 N–H and O–H groups in total. The van der Waals surface area contributed by atoms with Crippen LogP contribution in [0.25, 0.3) is 0 Å². The first kappa shape index (κ1) is 10.6. The van der Waals surface area contributed by atoms with Gasteiger partial charge in [0.1, 0.15) is 11.4 Å². The van der Waals surface area contributed by atoms with E-state index >= 15 is 0 Å². The lowest BCUT2D eigenvalue weighted by Crippen LogP contribution is -2.25. The fraction of sp³-hybridized carbons (Fsp3) is 0.273. The molecule has 2 aromatic rings. The van der Waals surface area contributed by atoms with E-state index < -0.39 is 5.60 Å². The zero-order chi connectivity index (χ0) is 11.8. The molecule has 1 aromatic carbocycles. The van der Waals surface area contributed by atoms with Gasteiger partial charge >= 0.3 is 0 Å². The van der Waals surface area contributed by atoms with Gasteiger partial charge in [-0.2, -0.15) is 0 Å². The zero-order valence-electron chi connectivity index (χ0n) is 9.12. The normalized spacial score (nSPS) is 14.7. The van der Waals surface area contributed by atoms with Crippen molar-refractivity contribution < 1.29 is 10.2 Å². The topological polar surface area (TPSA) is 71.2 Å². The molecule has 0 spiro atoms. The summed E-state index contributed by atoms with van der Waals surface area (Å²) in [6, 6.07) is 6.41. The summed E-state index contributed by atoms with van der Waals surface area (Å²) in [4.78, 5) is 0. The number of aliphatic hydroxyl groups is 1. The average Bonchev–Trinajstić information content (AvgIpc) is 2.66. The highest BCUT2D eigenvalue weighted by Gasteiger charge is 2.29. The van der Waals surface area contributed by atoms with Crippen LogP contribution in [0.15, 0.2) is 30.5 Å². The van der Waals surface area contributed by atoms with E-state index in [0.29, 0.717) is 11.3 Å². The number of hydrogen-bond acceptors (Lipinski definition) is 4. The predicted molar refractivity (Wildman–Crippen MR) is 57.8 cm³/mol. The Kier molecular flexibility index (Phi) is 2.40. The van der Waals surface area contributed by atoms with Gasteiger partial charge in [0.15, 0.2) is 0 Å². The van der Waals surface area contributed by atoms with Crippen molar-refractivity contribution in [2.75, 3.05) is 0 Å². The third-order valence-electron chi connectivity index (χ3n) is 2.64. The molecule has 1 aromatic heterocycles. The van der Waals surface area contributed by atoms with Crippen LogP contribution in [-0.2, 0) is 12.6 Å². The molecule has 0 aliphatic rings. The lowest BCUT2D eigenvalue weighted by Gasteiger charge is -2.23. The summed E-state index contributed by atoms with van der Waals surface area (Å²) in [5.74, 6) is 0.169. The van der Waals surface area contributed by atoms with Gasteiger partial charge in [-0.05, 0) is 24.6 Å². The molecular formula is C11H13N3O2. The SMILES string of the molecule is Cn1nncc1C(C)(O)c1ccc(O)cc1. The van der Waals surface area contributed by atoms with E-state index in [2.05, 4.69) is 10.3 Å². The van der Waals surface area contributed by atoms with E-state index in [4.69, 9.17) is 0 Å². The molecular weight excluding hydrogens is 206 g/mol. The molecule has 84 valence electrons. The molecule has 5 nitrogen and oxygen atoms in total. The molecule has 0 saturated carbocycles. The monoisotopic (exact) mass is 219 g/mol. The lowest BCUT2D eigenvalue weighted by atomic mass is 9.93. The van der Waals surface area contributed by atoms with Crippen molar-refractivity contribution >= 4 is 0 Å². The van der Waals surface area contributed by atoms with E-state index in [1.165, 1.54) is 23.0 Å². The number of rotatable bonds is 2. The maximum absolute atomic E-state index is 10.4. The molecule has 2 rings (SSSR count). The van der Waals surface area contributed by atoms with E-state index in [1.807, 2.05) is 0 Å². The second kappa shape index (κ2) is 3.61. The Bertz CT molecular complexity index is 488. The summed E-state index contributed by atoms with van der Waals surface area (Å²) in [5, 5.41) is 27.1. The molecule has 0 aliphatic heterocycles. The van der Waals surface area contributed by atoms with Gasteiger partial charge in [-0.25, -0.2) is 4.68 Å². The Morgan fingerprint density at radius 2 is 1.88 bits per heavy atom. The molecule has 0 fully saturated rings. The second-order valence-electron chi connectivity index (χ2n) is 3.86. The maximum Gasteiger partial charge on any atom is 0.130 e. The molecule has 0 saturated heterocycles. The van der Waals surface area contributed by atoms with Crippen LogP contribution in [0.3, 0.4) is 0 Å². The van der Waals surface area contributed by atoms with Crippen LogP contribution >= 0.6 is 0 Å². The van der Waals surface area contributed by atoms with Crippen molar-refractivity contribution in [3.05, 3.63) is 41.7 Å². The van der Waals surface area contributed by atoms with Crippen molar-refractivity contribution in [1.82, 2.24) is 15.0 Å². The molecule has 1 atom stereocenters. The number of aromatic hydroxyl groups is 1. The standard InChI is InChI=1S/C11H13N3O2/c1-11(16,10-7-12-13-14(10)2)8-3-5-9(15)6-4-8/h3-7,15-16H,1-2H3. The van der Waals surface area contributed by atoms with Gasteiger partial charge < -0.3 is 10.2 Å². The van der Waals surface area contributed by atoms with Crippen molar-refractivity contribution in [2.45, 2.75) is 12.5 Å². The van der Waals surface area contributed by atoms with Crippen molar-refractivity contribution in [1.29, 1.82) is 0 Å². The number of benzene rings is 1. The molecule has 1 unspecified atom stereocenters. The largest absolute Gasteiger partial charge is 0.508 e. The van der Waals surface area contributed by atoms with E-state index in [-0.39, 0.29) is 5.75 Å². The first-order chi connectivity index (χ1) is 7.51. The summed E-state index contributed by atoms with van der Waals surface area (Å²) in [6.45, 7) is 1.66. The molecule has 16 heavy (non-hydrogen) atoms. The van der Waals surface area contributed by atoms with Crippen LogP contribution in [0, 0.1) is 0 Å². The Balaban J connectivity index is 2.46. The molecule has 0 bridgehead atoms. The summed E-state index contributed by atoms with van der Waals surface area (Å²) < 4.78 is 1.52. The first-order valence-electron chi connectivity index (χ1n) is 4.89. The van der Waals surface area contributed by atoms with Crippen molar-refractivity contribution in [2.24, 2.45) is 7.05 Å². The van der Waals surface area contributed by atoms with Crippen LogP contribution in [0.2, 0.25) is 0 Å². The minimum Gasteiger partial charge on any atom is -0.508 e. The second-order valence-corrected chi connectivity index (χ2v) is 3.86. The summed E-state index contributed by atoms with van der Waals surface area (Å²) in [7, 11) is 1.72. The lowest BCUT2D eigenvalue weighted by molar-refractivity contribution is 0.0928. The van der Waals surface area contributed by atoms with Gasteiger partial charge in [-0.15, -0.1) is 5.10 Å². The summed E-state index contributed by atoms with van der Waals surface area (Å²) in [5.41, 5.74) is 0.0975. The Hall–Kier alpha value is -1.88. The van der Waals surface area contributed by atoms with Crippen molar-refractivity contribution in [3.8, 4) is 5.75 Å². The highest BCUT2D eigenvalue weighted by atomic mass is 16.3. The number of phenols is 1. The van der Waals surface area contributed by atoms with Crippen LogP contribution < -0.4 is 0 Å². The van der Waals surface area contributed by atoms with Crippen LogP contribution in [0.1, 0.15) is 18.2 Å². The number of hydrogen-bond donors (Lipinski definition) is 2. The van der Waals surface area contributed by atoms with Gasteiger partial charge in [0.25, 0.3) is 0 Å². The average molecular weight is 219 g/mol. The molecule has 1 heterocycles. The number of nitrogens with zero attached hydrogens (tertiary/aromatic N) is 3. The number of phenolic OH excluding ortho intramolecular Hbond substituents is 1. The van der Waals surface area contributed by atoms with Crippen LogP contribution in [0.4, 0.5) is 0 Å². The van der Waals surface area contributed by atoms with Crippen LogP contribution in [-0.4, -0.2) is 25.2 Å². The molecule has 0 aliphatic carbocycles. The highest BCUT2D eigenvalue weighted by molar-refractivity contribution is 5.34. The van der Waals surface area contributed by atoms with Gasteiger partial charge in [0.2, 0.25) is 0 Å². The van der Waals surface area contributed by atoms with E-state index in [0.717, 1.165) is 0 Å². The summed E-state index contributed by atoms with van der Waals surface area (Å²) >= 11 is 0. The minimum atomic E-state index is -1.17. The quantitative estimate of drug-likeness (QED) is 0.782. The molecule has 0 radical (unpaired) electrons.